The molecule has 3 rings (SSSR count). The molecule has 3 N–H and O–H groups in total. The fraction of sp³-hybridized carbons (Fsp3) is 0.947. The van der Waals surface area contributed by atoms with Gasteiger partial charge in [0.15, 0.2) is 0 Å². The fourth-order valence-corrected chi connectivity index (χ4v) is 4.81. The first-order valence-corrected chi connectivity index (χ1v) is 9.93. The lowest BCUT2D eigenvalue weighted by Gasteiger charge is -2.40. The molecule has 0 bridgehead atoms. The lowest BCUT2D eigenvalue weighted by molar-refractivity contribution is -0.127. The van der Waals surface area contributed by atoms with Crippen molar-refractivity contribution >= 4 is 5.91 Å². The zero-order chi connectivity index (χ0) is 17.0. The van der Waals surface area contributed by atoms with Gasteiger partial charge < -0.3 is 20.4 Å². The van der Waals surface area contributed by atoms with Gasteiger partial charge in [-0.25, -0.2) is 0 Å². The highest BCUT2D eigenvalue weighted by Gasteiger charge is 2.35. The van der Waals surface area contributed by atoms with Crippen molar-refractivity contribution < 1.29 is 15.0 Å². The Morgan fingerprint density at radius 2 is 1.46 bits per heavy atom. The second-order valence-corrected chi connectivity index (χ2v) is 8.51. The molecule has 0 spiro atoms. The van der Waals surface area contributed by atoms with Crippen LogP contribution >= 0.6 is 0 Å². The number of carbonyl (C=O) groups excluding carboxylic acids is 1. The van der Waals surface area contributed by atoms with Crippen LogP contribution in [0, 0.1) is 0 Å². The number of likely N-dealkylation sites (tertiary alicyclic amines) is 1. The highest BCUT2D eigenvalue weighted by molar-refractivity contribution is 5.77. The van der Waals surface area contributed by atoms with Crippen LogP contribution in [-0.2, 0) is 4.79 Å². The van der Waals surface area contributed by atoms with Gasteiger partial charge in [0.05, 0.1) is 17.6 Å². The molecule has 2 saturated carbocycles. The smallest absolute Gasteiger partial charge is 0.223 e. The molecule has 3 fully saturated rings. The van der Waals surface area contributed by atoms with Crippen LogP contribution in [0.1, 0.15) is 77.0 Å². The Morgan fingerprint density at radius 1 is 0.917 bits per heavy atom. The number of rotatable bonds is 5. The third-order valence-corrected chi connectivity index (χ3v) is 6.28. The largest absolute Gasteiger partial charge is 0.389 e. The van der Waals surface area contributed by atoms with Crippen molar-refractivity contribution in [2.75, 3.05) is 19.6 Å². The molecule has 138 valence electrons. The molecule has 3 aliphatic rings. The van der Waals surface area contributed by atoms with E-state index in [0.29, 0.717) is 0 Å². The number of nitrogens with one attached hydrogen (secondary N) is 1. The zero-order valence-electron chi connectivity index (χ0n) is 14.9. The molecule has 0 aromatic carbocycles. The predicted octanol–water partition coefficient (Wildman–Crippen LogP) is 1.96. The van der Waals surface area contributed by atoms with E-state index in [1.165, 1.54) is 6.42 Å². The standard InChI is InChI=1S/C19H34N2O3/c22-17(14-18(23)8-4-5-9-18)20-16-6-12-21(13-7-16)15-19(24)10-2-1-3-11-19/h16,23-24H,1-15H2,(H,20,22). The molecule has 2 aliphatic carbocycles. The minimum atomic E-state index is -0.755. The summed E-state index contributed by atoms with van der Waals surface area (Å²) in [6.45, 7) is 2.67. The minimum Gasteiger partial charge on any atom is -0.389 e. The van der Waals surface area contributed by atoms with Crippen LogP contribution in [0.3, 0.4) is 0 Å². The Hall–Kier alpha value is -0.650. The highest BCUT2D eigenvalue weighted by Crippen LogP contribution is 2.32. The number of aliphatic hydroxyl groups is 2. The summed E-state index contributed by atoms with van der Waals surface area (Å²) in [5.41, 5.74) is -1.24. The fourth-order valence-electron chi connectivity index (χ4n) is 4.81. The number of piperidine rings is 1. The van der Waals surface area contributed by atoms with Gasteiger partial charge in [-0.2, -0.15) is 0 Å². The van der Waals surface area contributed by atoms with Gasteiger partial charge in [-0.15, -0.1) is 0 Å². The average Bonchev–Trinajstić information content (AvgIpc) is 2.95. The Kier molecular flexibility index (Phi) is 5.83. The van der Waals surface area contributed by atoms with Crippen LogP contribution in [-0.4, -0.2) is 57.9 Å². The topological polar surface area (TPSA) is 72.8 Å². The predicted molar refractivity (Wildman–Crippen MR) is 93.7 cm³/mol. The van der Waals surface area contributed by atoms with Crippen LogP contribution in [0.4, 0.5) is 0 Å². The first kappa shape index (κ1) is 18.2. The molecule has 1 aliphatic heterocycles. The van der Waals surface area contributed by atoms with Crippen molar-refractivity contribution in [3.63, 3.8) is 0 Å². The zero-order valence-corrected chi connectivity index (χ0v) is 14.9. The summed E-state index contributed by atoms with van der Waals surface area (Å²) in [7, 11) is 0. The molecule has 1 heterocycles. The lowest BCUT2D eigenvalue weighted by atomic mass is 9.84. The summed E-state index contributed by atoms with van der Waals surface area (Å²) in [4.78, 5) is 14.6. The Bertz CT molecular complexity index is 420. The summed E-state index contributed by atoms with van der Waals surface area (Å²) in [5, 5.41) is 24.1. The molecular formula is C19H34N2O3. The summed E-state index contributed by atoms with van der Waals surface area (Å²) in [6.07, 6.45) is 11.1. The van der Waals surface area contributed by atoms with Crippen molar-refractivity contribution in [3.05, 3.63) is 0 Å². The molecule has 0 aromatic rings. The summed E-state index contributed by atoms with van der Waals surface area (Å²) >= 11 is 0. The van der Waals surface area contributed by atoms with E-state index < -0.39 is 11.2 Å². The molecule has 5 heteroatoms. The molecule has 1 saturated heterocycles. The van der Waals surface area contributed by atoms with E-state index in [2.05, 4.69) is 10.2 Å². The summed E-state index contributed by atoms with van der Waals surface area (Å²) in [6, 6.07) is 0.222. The summed E-state index contributed by atoms with van der Waals surface area (Å²) in [5.74, 6) is 0.00348. The van der Waals surface area contributed by atoms with Gasteiger partial charge in [-0.05, 0) is 38.5 Å². The molecule has 0 atom stereocenters. The van der Waals surface area contributed by atoms with Gasteiger partial charge in [-0.1, -0.05) is 32.1 Å². The number of β-amino-alcohol motifs (C(OH)–C–C–N with tert-alkyl or cyclic N) is 1. The van der Waals surface area contributed by atoms with Crippen LogP contribution < -0.4 is 5.32 Å². The Labute approximate surface area is 145 Å². The average molecular weight is 338 g/mol. The van der Waals surface area contributed by atoms with Crippen molar-refractivity contribution in [2.24, 2.45) is 0 Å². The first-order valence-electron chi connectivity index (χ1n) is 9.93. The van der Waals surface area contributed by atoms with Crippen LogP contribution in [0.25, 0.3) is 0 Å². The number of carbonyl (C=O) groups is 1. The lowest BCUT2D eigenvalue weighted by Crippen LogP contribution is -2.51. The van der Waals surface area contributed by atoms with Gasteiger partial charge in [0.25, 0.3) is 0 Å². The van der Waals surface area contributed by atoms with Crippen molar-refractivity contribution in [1.82, 2.24) is 10.2 Å². The summed E-state index contributed by atoms with van der Waals surface area (Å²) < 4.78 is 0. The van der Waals surface area contributed by atoms with Crippen molar-refractivity contribution in [2.45, 2.75) is 94.3 Å². The number of hydrogen-bond acceptors (Lipinski definition) is 4. The molecule has 0 unspecified atom stereocenters. The van der Waals surface area contributed by atoms with Crippen molar-refractivity contribution in [1.29, 1.82) is 0 Å². The van der Waals surface area contributed by atoms with Crippen LogP contribution in [0.5, 0.6) is 0 Å². The normalized spacial score (nSPS) is 27.9. The van der Waals surface area contributed by atoms with Crippen LogP contribution in [0.15, 0.2) is 0 Å². The van der Waals surface area contributed by atoms with E-state index >= 15 is 0 Å². The highest BCUT2D eigenvalue weighted by atomic mass is 16.3. The van der Waals surface area contributed by atoms with Gasteiger partial charge in [0.1, 0.15) is 0 Å². The Balaban J connectivity index is 1.38. The van der Waals surface area contributed by atoms with E-state index in [9.17, 15) is 15.0 Å². The third kappa shape index (κ3) is 4.93. The van der Waals surface area contributed by atoms with Crippen molar-refractivity contribution in [3.8, 4) is 0 Å². The Morgan fingerprint density at radius 3 is 2.08 bits per heavy atom. The maximum Gasteiger partial charge on any atom is 0.223 e. The molecule has 24 heavy (non-hydrogen) atoms. The maximum absolute atomic E-state index is 12.2. The third-order valence-electron chi connectivity index (χ3n) is 6.28. The van der Waals surface area contributed by atoms with Gasteiger partial charge in [0.2, 0.25) is 5.91 Å². The van der Waals surface area contributed by atoms with E-state index in [-0.39, 0.29) is 18.4 Å². The molecular weight excluding hydrogens is 304 g/mol. The number of nitrogens with zero attached hydrogens (tertiary/aromatic N) is 1. The van der Waals surface area contributed by atoms with Gasteiger partial charge in [0, 0.05) is 25.7 Å². The van der Waals surface area contributed by atoms with E-state index in [1.807, 2.05) is 0 Å². The first-order chi connectivity index (χ1) is 11.5. The van der Waals surface area contributed by atoms with E-state index in [4.69, 9.17) is 0 Å². The maximum atomic E-state index is 12.2. The monoisotopic (exact) mass is 338 g/mol. The SMILES string of the molecule is O=C(CC1(O)CCCC1)NC1CCN(CC2(O)CCCCC2)CC1. The van der Waals surface area contributed by atoms with Gasteiger partial charge in [-0.3, -0.25) is 4.79 Å². The van der Waals surface area contributed by atoms with E-state index in [1.54, 1.807) is 0 Å². The molecule has 1 amide bonds. The second-order valence-electron chi connectivity index (χ2n) is 8.51. The second kappa shape index (κ2) is 7.71. The molecule has 0 radical (unpaired) electrons. The molecule has 0 aromatic heterocycles. The van der Waals surface area contributed by atoms with Crippen LogP contribution in [0.2, 0.25) is 0 Å². The quantitative estimate of drug-likeness (QED) is 0.716. The molecule has 5 nitrogen and oxygen atoms in total. The minimum absolute atomic E-state index is 0.00348. The van der Waals surface area contributed by atoms with Gasteiger partial charge >= 0.3 is 0 Å². The van der Waals surface area contributed by atoms with E-state index in [0.717, 1.165) is 83.8 Å². The number of amides is 1. The number of hydrogen-bond donors (Lipinski definition) is 3.